The van der Waals surface area contributed by atoms with Crippen LogP contribution >= 0.6 is 11.3 Å². The van der Waals surface area contributed by atoms with Gasteiger partial charge < -0.3 is 20.1 Å². The number of hydrogen-bond donors (Lipinski definition) is 2. The number of carbonyl (C=O) groups excluding carboxylic acids is 2. The topological polar surface area (TPSA) is 89.6 Å². The number of nitrogens with zero attached hydrogens (tertiary/aromatic N) is 1. The molecule has 2 aromatic carbocycles. The number of hydrogen-bond acceptors (Lipinski definition) is 6. The van der Waals surface area contributed by atoms with Gasteiger partial charge in [-0.3, -0.25) is 9.59 Å². The van der Waals surface area contributed by atoms with Crippen LogP contribution in [0.3, 0.4) is 0 Å². The van der Waals surface area contributed by atoms with Gasteiger partial charge in [0, 0.05) is 17.7 Å². The van der Waals surface area contributed by atoms with Crippen LogP contribution in [-0.2, 0) is 4.79 Å². The van der Waals surface area contributed by atoms with Crippen molar-refractivity contribution in [2.75, 3.05) is 25.1 Å². The minimum Gasteiger partial charge on any atom is -0.486 e. The van der Waals surface area contributed by atoms with Crippen LogP contribution in [0.25, 0.3) is 10.2 Å². The van der Waals surface area contributed by atoms with Gasteiger partial charge in [-0.05, 0) is 37.1 Å². The first kappa shape index (κ1) is 18.2. The Labute approximate surface area is 165 Å². The van der Waals surface area contributed by atoms with Gasteiger partial charge in [0.15, 0.2) is 16.6 Å². The van der Waals surface area contributed by atoms with Gasteiger partial charge in [0.1, 0.15) is 13.2 Å². The number of aromatic nitrogens is 1. The highest BCUT2D eigenvalue weighted by Gasteiger charge is 2.16. The maximum atomic E-state index is 12.2. The third kappa shape index (κ3) is 3.77. The molecular formula is C20H19N3O4S. The Balaban J connectivity index is 1.39. The zero-order valence-corrected chi connectivity index (χ0v) is 16.3. The number of carbonyl (C=O) groups is 2. The van der Waals surface area contributed by atoms with Crippen LogP contribution in [0.4, 0.5) is 5.13 Å². The van der Waals surface area contributed by atoms with E-state index in [1.807, 2.05) is 32.0 Å². The van der Waals surface area contributed by atoms with Crippen molar-refractivity contribution in [3.63, 3.8) is 0 Å². The van der Waals surface area contributed by atoms with Crippen molar-refractivity contribution in [1.82, 2.24) is 10.3 Å². The maximum absolute atomic E-state index is 12.2. The summed E-state index contributed by atoms with van der Waals surface area (Å²) in [6, 6.07) is 9.10. The number of benzene rings is 2. The molecule has 1 aliphatic heterocycles. The van der Waals surface area contributed by atoms with Crippen LogP contribution in [0.2, 0.25) is 0 Å². The van der Waals surface area contributed by atoms with E-state index in [0.717, 1.165) is 21.3 Å². The molecule has 8 heteroatoms. The number of ether oxygens (including phenoxy) is 2. The predicted molar refractivity (Wildman–Crippen MR) is 107 cm³/mol. The fraction of sp³-hybridized carbons (Fsp3) is 0.250. The van der Waals surface area contributed by atoms with Gasteiger partial charge in [-0.1, -0.05) is 17.4 Å². The average molecular weight is 397 g/mol. The highest BCUT2D eigenvalue weighted by atomic mass is 32.1. The van der Waals surface area contributed by atoms with E-state index in [1.165, 1.54) is 11.3 Å². The number of rotatable bonds is 4. The quantitative estimate of drug-likeness (QED) is 0.706. The SMILES string of the molecule is Cc1ccc(C(=O)NCC(=O)Nc2nc3cc4c(cc3s2)OCCO4)cc1C. The molecule has 7 nitrogen and oxygen atoms in total. The highest BCUT2D eigenvalue weighted by Crippen LogP contribution is 2.37. The van der Waals surface area contributed by atoms with E-state index < -0.39 is 0 Å². The number of aryl methyl sites for hydroxylation is 2. The minimum atomic E-state index is -0.339. The van der Waals surface area contributed by atoms with Crippen molar-refractivity contribution in [3.8, 4) is 11.5 Å². The monoisotopic (exact) mass is 397 g/mol. The number of fused-ring (bicyclic) bond motifs is 2. The molecule has 4 rings (SSSR count). The van der Waals surface area contributed by atoms with Crippen molar-refractivity contribution in [3.05, 3.63) is 47.0 Å². The molecule has 0 saturated carbocycles. The first-order chi connectivity index (χ1) is 13.5. The largest absolute Gasteiger partial charge is 0.486 e. The molecular weight excluding hydrogens is 378 g/mol. The molecule has 0 spiro atoms. The van der Waals surface area contributed by atoms with Gasteiger partial charge >= 0.3 is 0 Å². The molecule has 0 unspecified atom stereocenters. The molecule has 28 heavy (non-hydrogen) atoms. The fourth-order valence-corrected chi connectivity index (χ4v) is 3.72. The van der Waals surface area contributed by atoms with Crippen molar-refractivity contribution in [2.45, 2.75) is 13.8 Å². The lowest BCUT2D eigenvalue weighted by Gasteiger charge is -2.17. The second kappa shape index (κ2) is 7.47. The van der Waals surface area contributed by atoms with Crippen LogP contribution in [0.15, 0.2) is 30.3 Å². The van der Waals surface area contributed by atoms with Gasteiger partial charge in [0.05, 0.1) is 16.8 Å². The summed E-state index contributed by atoms with van der Waals surface area (Å²) in [4.78, 5) is 28.8. The van der Waals surface area contributed by atoms with Gasteiger partial charge in [0.2, 0.25) is 5.91 Å². The summed E-state index contributed by atoms with van der Waals surface area (Å²) >= 11 is 1.34. The molecule has 2 heterocycles. The van der Waals surface area contributed by atoms with Gasteiger partial charge in [-0.2, -0.15) is 0 Å². The van der Waals surface area contributed by atoms with Crippen LogP contribution in [0.1, 0.15) is 21.5 Å². The fourth-order valence-electron chi connectivity index (χ4n) is 2.83. The molecule has 0 bridgehead atoms. The first-order valence-corrected chi connectivity index (χ1v) is 9.67. The van der Waals surface area contributed by atoms with E-state index in [0.29, 0.717) is 35.4 Å². The Morgan fingerprint density at radius 1 is 1.07 bits per heavy atom. The summed E-state index contributed by atoms with van der Waals surface area (Å²) in [5.74, 6) is 0.710. The third-order valence-corrected chi connectivity index (χ3v) is 5.41. The van der Waals surface area contributed by atoms with E-state index in [9.17, 15) is 9.59 Å². The average Bonchev–Trinajstić information content (AvgIpc) is 3.07. The lowest BCUT2D eigenvalue weighted by molar-refractivity contribution is -0.115. The lowest BCUT2D eigenvalue weighted by Crippen LogP contribution is -2.32. The predicted octanol–water partition coefficient (Wildman–Crippen LogP) is 3.05. The molecule has 0 radical (unpaired) electrons. The first-order valence-electron chi connectivity index (χ1n) is 8.85. The van der Waals surface area contributed by atoms with E-state index in [1.54, 1.807) is 12.1 Å². The molecule has 1 aromatic heterocycles. The Bertz CT molecular complexity index is 1030. The van der Waals surface area contributed by atoms with E-state index in [2.05, 4.69) is 15.6 Å². The standard InChI is InChI=1S/C20H19N3O4S/c1-11-3-4-13(7-12(11)2)19(25)21-10-18(24)23-20-22-14-8-15-16(9-17(14)28-20)27-6-5-26-15/h3-4,7-9H,5-6,10H2,1-2H3,(H,21,25)(H,22,23,24). The molecule has 144 valence electrons. The minimum absolute atomic E-state index is 0.135. The summed E-state index contributed by atoms with van der Waals surface area (Å²) < 4.78 is 12.0. The number of anilines is 1. The summed E-state index contributed by atoms with van der Waals surface area (Å²) in [5.41, 5.74) is 3.40. The van der Waals surface area contributed by atoms with Crippen molar-refractivity contribution in [1.29, 1.82) is 0 Å². The zero-order chi connectivity index (χ0) is 19.7. The van der Waals surface area contributed by atoms with Crippen LogP contribution in [-0.4, -0.2) is 36.6 Å². The Kier molecular flexibility index (Phi) is 4.87. The Morgan fingerprint density at radius 2 is 1.82 bits per heavy atom. The van der Waals surface area contributed by atoms with E-state index in [-0.39, 0.29) is 18.4 Å². The summed E-state index contributed by atoms with van der Waals surface area (Å²) in [7, 11) is 0. The van der Waals surface area contributed by atoms with E-state index >= 15 is 0 Å². The maximum Gasteiger partial charge on any atom is 0.251 e. The van der Waals surface area contributed by atoms with Crippen molar-refractivity contribution >= 4 is 38.5 Å². The normalized spacial score (nSPS) is 12.6. The molecule has 2 amide bonds. The van der Waals surface area contributed by atoms with Gasteiger partial charge in [-0.15, -0.1) is 0 Å². The van der Waals surface area contributed by atoms with Crippen LogP contribution in [0, 0.1) is 13.8 Å². The smallest absolute Gasteiger partial charge is 0.251 e. The lowest BCUT2D eigenvalue weighted by atomic mass is 10.1. The molecule has 2 N–H and O–H groups in total. The summed E-state index contributed by atoms with van der Waals surface area (Å²) in [6.07, 6.45) is 0. The molecule has 3 aromatic rings. The van der Waals surface area contributed by atoms with Gasteiger partial charge in [0.25, 0.3) is 5.91 Å². The van der Waals surface area contributed by atoms with Crippen molar-refractivity contribution in [2.24, 2.45) is 0 Å². The van der Waals surface area contributed by atoms with Crippen LogP contribution < -0.4 is 20.1 Å². The molecule has 0 saturated heterocycles. The summed E-state index contributed by atoms with van der Waals surface area (Å²) in [5, 5.41) is 5.81. The number of thiazole rings is 1. The molecule has 0 aliphatic carbocycles. The second-order valence-corrected chi connectivity index (χ2v) is 7.54. The third-order valence-electron chi connectivity index (χ3n) is 4.48. The summed E-state index contributed by atoms with van der Waals surface area (Å²) in [6.45, 7) is 4.81. The van der Waals surface area contributed by atoms with Crippen LogP contribution in [0.5, 0.6) is 11.5 Å². The van der Waals surface area contributed by atoms with Crippen molar-refractivity contribution < 1.29 is 19.1 Å². The van der Waals surface area contributed by atoms with Gasteiger partial charge in [-0.25, -0.2) is 4.98 Å². The highest BCUT2D eigenvalue weighted by molar-refractivity contribution is 7.22. The zero-order valence-electron chi connectivity index (χ0n) is 15.5. The number of amides is 2. The second-order valence-electron chi connectivity index (χ2n) is 6.51. The Hall–Kier alpha value is -3.13. The molecule has 0 atom stereocenters. The Morgan fingerprint density at radius 3 is 2.57 bits per heavy atom. The van der Waals surface area contributed by atoms with E-state index in [4.69, 9.17) is 9.47 Å². The molecule has 1 aliphatic rings. The molecule has 0 fully saturated rings. The number of nitrogens with one attached hydrogen (secondary N) is 2.